The number of carbonyl (C=O) groups excluding carboxylic acids is 1. The molecule has 0 saturated carbocycles. The number of nitriles is 1. The van der Waals surface area contributed by atoms with Gasteiger partial charge in [0.05, 0.1) is 30.0 Å². The van der Waals surface area contributed by atoms with Gasteiger partial charge < -0.3 is 15.0 Å². The van der Waals surface area contributed by atoms with Crippen LogP contribution in [-0.4, -0.2) is 44.1 Å². The van der Waals surface area contributed by atoms with Crippen molar-refractivity contribution in [1.29, 1.82) is 5.26 Å². The third kappa shape index (κ3) is 4.62. The van der Waals surface area contributed by atoms with E-state index in [0.717, 1.165) is 41.7 Å². The van der Waals surface area contributed by atoms with Crippen molar-refractivity contribution in [3.8, 4) is 17.5 Å². The van der Waals surface area contributed by atoms with Gasteiger partial charge in [-0.2, -0.15) is 5.26 Å². The van der Waals surface area contributed by atoms with Crippen LogP contribution < -0.4 is 5.32 Å². The summed E-state index contributed by atoms with van der Waals surface area (Å²) >= 11 is 1.35. The smallest absolute Gasteiger partial charge is 0.234 e. The van der Waals surface area contributed by atoms with Crippen LogP contribution in [0.15, 0.2) is 59.9 Å². The molecule has 0 bridgehead atoms. The zero-order valence-corrected chi connectivity index (χ0v) is 18.6. The minimum atomic E-state index is -0.148. The van der Waals surface area contributed by atoms with E-state index >= 15 is 0 Å². The van der Waals surface area contributed by atoms with Crippen LogP contribution in [-0.2, 0) is 16.1 Å². The van der Waals surface area contributed by atoms with E-state index in [1.807, 2.05) is 24.4 Å². The van der Waals surface area contributed by atoms with E-state index in [9.17, 15) is 4.79 Å². The molecule has 166 valence electrons. The molecule has 0 radical (unpaired) electrons. The van der Waals surface area contributed by atoms with Crippen molar-refractivity contribution < 1.29 is 9.53 Å². The molecule has 1 amide bonds. The number of aromatic nitrogens is 4. The quantitative estimate of drug-likeness (QED) is 0.402. The third-order valence-electron chi connectivity index (χ3n) is 5.59. The number of H-pyrrole nitrogens is 1. The number of hydrogen-bond donors (Lipinski definition) is 2. The number of nitrogens with one attached hydrogen (secondary N) is 2. The van der Waals surface area contributed by atoms with E-state index in [-0.39, 0.29) is 17.8 Å². The summed E-state index contributed by atoms with van der Waals surface area (Å²) in [7, 11) is 0. The first-order valence-electron chi connectivity index (χ1n) is 10.8. The van der Waals surface area contributed by atoms with Gasteiger partial charge in [-0.05, 0) is 43.2 Å². The van der Waals surface area contributed by atoms with Crippen LogP contribution in [0.2, 0.25) is 0 Å². The van der Waals surface area contributed by atoms with Gasteiger partial charge in [0.1, 0.15) is 0 Å². The summed E-state index contributed by atoms with van der Waals surface area (Å²) in [4.78, 5) is 15.8. The fourth-order valence-corrected chi connectivity index (χ4v) is 4.71. The van der Waals surface area contributed by atoms with E-state index in [4.69, 9.17) is 10.00 Å². The zero-order valence-electron chi connectivity index (χ0n) is 17.8. The average Bonchev–Trinajstić information content (AvgIpc) is 3.59. The lowest BCUT2D eigenvalue weighted by Gasteiger charge is -2.14. The first-order valence-corrected chi connectivity index (χ1v) is 11.7. The minimum absolute atomic E-state index is 0.108. The molecule has 2 N–H and O–H groups in total. The molecule has 9 heteroatoms. The van der Waals surface area contributed by atoms with Gasteiger partial charge in [0.25, 0.3) is 0 Å². The molecule has 33 heavy (non-hydrogen) atoms. The van der Waals surface area contributed by atoms with Gasteiger partial charge in [0, 0.05) is 35.0 Å². The molecule has 0 aliphatic carbocycles. The molecule has 0 spiro atoms. The van der Waals surface area contributed by atoms with E-state index in [2.05, 4.69) is 37.2 Å². The number of hydrogen-bond acceptors (Lipinski definition) is 6. The number of thioether (sulfide) groups is 1. The molecule has 2 aromatic carbocycles. The Morgan fingerprint density at radius 3 is 2.88 bits per heavy atom. The fourth-order valence-electron chi connectivity index (χ4n) is 3.96. The molecule has 3 heterocycles. The Morgan fingerprint density at radius 2 is 2.09 bits per heavy atom. The Hall–Kier alpha value is -3.61. The van der Waals surface area contributed by atoms with Crippen LogP contribution in [0.3, 0.4) is 0 Å². The normalized spacial score (nSPS) is 15.5. The molecule has 1 fully saturated rings. The van der Waals surface area contributed by atoms with E-state index in [0.29, 0.717) is 23.0 Å². The SMILES string of the molecule is N#Cc1ccc(NC(=O)CSc2nnc(-c3c[nH]c4ccccc34)n2CC2CCCO2)cc1. The second kappa shape index (κ2) is 9.48. The number of amides is 1. The summed E-state index contributed by atoms with van der Waals surface area (Å²) in [6.45, 7) is 1.41. The maximum Gasteiger partial charge on any atom is 0.234 e. The van der Waals surface area contributed by atoms with Crippen LogP contribution in [0.5, 0.6) is 0 Å². The van der Waals surface area contributed by atoms with Crippen LogP contribution in [0, 0.1) is 11.3 Å². The van der Waals surface area contributed by atoms with Crippen molar-refractivity contribution in [3.05, 3.63) is 60.3 Å². The maximum atomic E-state index is 12.5. The van der Waals surface area contributed by atoms with E-state index in [1.165, 1.54) is 11.8 Å². The molecular formula is C24H22N6O2S. The van der Waals surface area contributed by atoms with Crippen molar-refractivity contribution in [2.75, 3.05) is 17.7 Å². The van der Waals surface area contributed by atoms with Gasteiger partial charge in [0.2, 0.25) is 5.91 Å². The number of anilines is 1. The monoisotopic (exact) mass is 458 g/mol. The number of carbonyl (C=O) groups is 1. The molecule has 1 atom stereocenters. The number of aromatic amines is 1. The molecular weight excluding hydrogens is 436 g/mol. The van der Waals surface area contributed by atoms with Gasteiger partial charge in [0.15, 0.2) is 11.0 Å². The van der Waals surface area contributed by atoms with Crippen LogP contribution >= 0.6 is 11.8 Å². The van der Waals surface area contributed by atoms with Gasteiger partial charge in [-0.15, -0.1) is 10.2 Å². The zero-order chi connectivity index (χ0) is 22.6. The van der Waals surface area contributed by atoms with Gasteiger partial charge in [-0.25, -0.2) is 0 Å². The lowest BCUT2D eigenvalue weighted by molar-refractivity contribution is -0.113. The summed E-state index contributed by atoms with van der Waals surface area (Å²) < 4.78 is 7.93. The Bertz CT molecular complexity index is 1310. The molecule has 2 aromatic heterocycles. The number of para-hydroxylation sites is 1. The highest BCUT2D eigenvalue weighted by atomic mass is 32.2. The minimum Gasteiger partial charge on any atom is -0.376 e. The summed E-state index contributed by atoms with van der Waals surface area (Å²) in [6.07, 6.45) is 4.10. The molecule has 8 nitrogen and oxygen atoms in total. The van der Waals surface area contributed by atoms with E-state index in [1.54, 1.807) is 24.3 Å². The third-order valence-corrected chi connectivity index (χ3v) is 6.55. The Morgan fingerprint density at radius 1 is 1.24 bits per heavy atom. The Balaban J connectivity index is 1.36. The van der Waals surface area contributed by atoms with Crippen molar-refractivity contribution in [1.82, 2.24) is 19.7 Å². The Kier molecular flexibility index (Phi) is 6.11. The van der Waals surface area contributed by atoms with Crippen molar-refractivity contribution in [3.63, 3.8) is 0 Å². The number of ether oxygens (including phenoxy) is 1. The molecule has 1 aliphatic heterocycles. The van der Waals surface area contributed by atoms with E-state index < -0.39 is 0 Å². The first kappa shape index (κ1) is 21.2. The maximum absolute atomic E-state index is 12.5. The molecule has 1 unspecified atom stereocenters. The lowest BCUT2D eigenvalue weighted by Crippen LogP contribution is -2.18. The summed E-state index contributed by atoms with van der Waals surface area (Å²) in [5.41, 5.74) is 3.22. The predicted molar refractivity (Wildman–Crippen MR) is 127 cm³/mol. The molecule has 4 aromatic rings. The summed E-state index contributed by atoms with van der Waals surface area (Å²) in [5, 5.41) is 22.4. The highest BCUT2D eigenvalue weighted by molar-refractivity contribution is 7.99. The second-order valence-electron chi connectivity index (χ2n) is 7.83. The van der Waals surface area contributed by atoms with Crippen molar-refractivity contribution in [2.24, 2.45) is 0 Å². The summed E-state index contributed by atoms with van der Waals surface area (Å²) in [6, 6.07) is 16.9. The molecule has 1 saturated heterocycles. The van der Waals surface area contributed by atoms with Crippen LogP contribution in [0.1, 0.15) is 18.4 Å². The number of rotatable bonds is 7. The largest absolute Gasteiger partial charge is 0.376 e. The number of nitrogens with zero attached hydrogens (tertiary/aromatic N) is 4. The van der Waals surface area contributed by atoms with Crippen LogP contribution in [0.4, 0.5) is 5.69 Å². The van der Waals surface area contributed by atoms with Crippen molar-refractivity contribution in [2.45, 2.75) is 30.6 Å². The van der Waals surface area contributed by atoms with Gasteiger partial charge in [-0.3, -0.25) is 9.36 Å². The highest BCUT2D eigenvalue weighted by Gasteiger charge is 2.23. The molecule has 5 rings (SSSR count). The predicted octanol–water partition coefficient (Wildman–Crippen LogP) is 4.21. The highest BCUT2D eigenvalue weighted by Crippen LogP contribution is 2.31. The first-order chi connectivity index (χ1) is 16.2. The lowest BCUT2D eigenvalue weighted by atomic mass is 10.1. The van der Waals surface area contributed by atoms with Gasteiger partial charge in [-0.1, -0.05) is 30.0 Å². The topological polar surface area (TPSA) is 109 Å². The average molecular weight is 459 g/mol. The summed E-state index contributed by atoms with van der Waals surface area (Å²) in [5.74, 6) is 0.806. The number of fused-ring (bicyclic) bond motifs is 1. The number of benzene rings is 2. The van der Waals surface area contributed by atoms with Gasteiger partial charge >= 0.3 is 0 Å². The fraction of sp³-hybridized carbons (Fsp3) is 0.250. The standard InChI is InChI=1S/C24H22N6O2S/c25-12-16-7-9-17(10-8-16)27-22(31)15-33-24-29-28-23(30(24)14-18-4-3-11-32-18)20-13-26-21-6-2-1-5-19(20)21/h1-2,5-10,13,18,26H,3-4,11,14-15H2,(H,27,31). The second-order valence-corrected chi connectivity index (χ2v) is 8.77. The van der Waals surface area contributed by atoms with Crippen LogP contribution in [0.25, 0.3) is 22.3 Å². The Labute approximate surface area is 195 Å². The van der Waals surface area contributed by atoms with Crippen molar-refractivity contribution >= 4 is 34.3 Å². The molecule has 1 aliphatic rings.